The van der Waals surface area contributed by atoms with E-state index in [1.807, 2.05) is 48.5 Å². The normalized spacial score (nSPS) is 10.1. The van der Waals surface area contributed by atoms with Crippen LogP contribution in [0.15, 0.2) is 53.0 Å². The highest BCUT2D eigenvalue weighted by atomic mass is 79.9. The summed E-state index contributed by atoms with van der Waals surface area (Å²) in [5.41, 5.74) is 1.09. The van der Waals surface area contributed by atoms with Crippen LogP contribution in [0.2, 0.25) is 5.02 Å². The molecule has 18 heavy (non-hydrogen) atoms. The number of nitrogens with one attached hydrogen (secondary N) is 1. The van der Waals surface area contributed by atoms with Gasteiger partial charge in [0.25, 0.3) is 0 Å². The van der Waals surface area contributed by atoms with E-state index in [4.69, 9.17) is 16.3 Å². The van der Waals surface area contributed by atoms with Gasteiger partial charge in [-0.3, -0.25) is 0 Å². The van der Waals surface area contributed by atoms with Gasteiger partial charge < -0.3 is 10.1 Å². The minimum atomic E-state index is 0.592. The predicted octanol–water partition coefficient (Wildman–Crippen LogP) is 4.59. The third-order valence-electron chi connectivity index (χ3n) is 2.36. The first-order valence-corrected chi connectivity index (χ1v) is 6.79. The Balaban J connectivity index is 1.79. The lowest BCUT2D eigenvalue weighted by Crippen LogP contribution is -2.11. The van der Waals surface area contributed by atoms with E-state index in [1.54, 1.807) is 0 Å². The first-order chi connectivity index (χ1) is 8.75. The molecule has 0 aromatic heterocycles. The maximum absolute atomic E-state index is 5.86. The molecule has 0 aliphatic carbocycles. The van der Waals surface area contributed by atoms with Crippen LogP contribution in [0.3, 0.4) is 0 Å². The Morgan fingerprint density at radius 2 is 1.89 bits per heavy atom. The molecule has 0 amide bonds. The number of benzene rings is 2. The zero-order valence-electron chi connectivity index (χ0n) is 9.70. The third kappa shape index (κ3) is 3.93. The SMILES string of the molecule is Clc1ccc(OCCNc2ccccc2)c(Br)c1. The van der Waals surface area contributed by atoms with Gasteiger partial charge in [0.15, 0.2) is 0 Å². The van der Waals surface area contributed by atoms with Gasteiger partial charge in [-0.05, 0) is 46.3 Å². The fraction of sp³-hybridized carbons (Fsp3) is 0.143. The van der Waals surface area contributed by atoms with Crippen molar-refractivity contribution in [3.63, 3.8) is 0 Å². The molecule has 0 aliphatic heterocycles. The van der Waals surface area contributed by atoms with Crippen LogP contribution in [-0.2, 0) is 0 Å². The fourth-order valence-electron chi connectivity index (χ4n) is 1.50. The Morgan fingerprint density at radius 1 is 1.11 bits per heavy atom. The smallest absolute Gasteiger partial charge is 0.133 e. The molecule has 2 rings (SSSR count). The molecule has 0 aliphatic rings. The third-order valence-corrected chi connectivity index (χ3v) is 3.21. The lowest BCUT2D eigenvalue weighted by Gasteiger charge is -2.10. The summed E-state index contributed by atoms with van der Waals surface area (Å²) >= 11 is 9.27. The van der Waals surface area contributed by atoms with Crippen LogP contribution in [0.25, 0.3) is 0 Å². The van der Waals surface area contributed by atoms with Gasteiger partial charge in [-0.1, -0.05) is 29.8 Å². The molecule has 2 aromatic carbocycles. The van der Waals surface area contributed by atoms with Crippen LogP contribution in [0.1, 0.15) is 0 Å². The average Bonchev–Trinajstić information content (AvgIpc) is 2.38. The van der Waals surface area contributed by atoms with Crippen LogP contribution in [-0.4, -0.2) is 13.2 Å². The van der Waals surface area contributed by atoms with Crippen molar-refractivity contribution < 1.29 is 4.74 Å². The Bertz CT molecular complexity index is 504. The molecular weight excluding hydrogens is 314 g/mol. The van der Waals surface area contributed by atoms with Crippen molar-refractivity contribution >= 4 is 33.2 Å². The first kappa shape index (κ1) is 13.2. The van der Waals surface area contributed by atoms with E-state index in [1.165, 1.54) is 0 Å². The molecule has 0 fully saturated rings. The van der Waals surface area contributed by atoms with Crippen molar-refractivity contribution in [2.45, 2.75) is 0 Å². The van der Waals surface area contributed by atoms with Gasteiger partial charge in [0.2, 0.25) is 0 Å². The number of rotatable bonds is 5. The van der Waals surface area contributed by atoms with Gasteiger partial charge in [0, 0.05) is 17.3 Å². The molecule has 0 heterocycles. The second-order valence-electron chi connectivity index (χ2n) is 3.72. The number of halogens is 2. The van der Waals surface area contributed by atoms with Crippen LogP contribution in [0.4, 0.5) is 5.69 Å². The molecule has 0 spiro atoms. The first-order valence-electron chi connectivity index (χ1n) is 5.62. The van der Waals surface area contributed by atoms with Crippen molar-refractivity contribution in [2.24, 2.45) is 0 Å². The zero-order valence-corrected chi connectivity index (χ0v) is 12.0. The number of hydrogen-bond donors (Lipinski definition) is 1. The molecule has 2 aromatic rings. The summed E-state index contributed by atoms with van der Waals surface area (Å²) in [5.74, 6) is 0.800. The lowest BCUT2D eigenvalue weighted by atomic mass is 10.3. The monoisotopic (exact) mass is 325 g/mol. The maximum atomic E-state index is 5.86. The molecule has 1 N–H and O–H groups in total. The van der Waals surface area contributed by atoms with Gasteiger partial charge >= 0.3 is 0 Å². The van der Waals surface area contributed by atoms with Crippen LogP contribution < -0.4 is 10.1 Å². The summed E-state index contributed by atoms with van der Waals surface area (Å²) in [6, 6.07) is 15.5. The fourth-order valence-corrected chi connectivity index (χ4v) is 2.30. The van der Waals surface area contributed by atoms with Gasteiger partial charge in [0.05, 0.1) is 4.47 Å². The van der Waals surface area contributed by atoms with Crippen molar-refractivity contribution in [3.8, 4) is 5.75 Å². The minimum Gasteiger partial charge on any atom is -0.491 e. The molecule has 4 heteroatoms. The highest BCUT2D eigenvalue weighted by Crippen LogP contribution is 2.27. The number of ether oxygens (including phenoxy) is 1. The average molecular weight is 327 g/mol. The predicted molar refractivity (Wildman–Crippen MR) is 79.6 cm³/mol. The van der Waals surface area contributed by atoms with E-state index in [0.29, 0.717) is 11.6 Å². The molecule has 0 radical (unpaired) electrons. The molecule has 94 valence electrons. The summed E-state index contributed by atoms with van der Waals surface area (Å²) in [5, 5.41) is 3.97. The standard InChI is InChI=1S/C14H13BrClNO/c15-13-10-11(16)6-7-14(13)18-9-8-17-12-4-2-1-3-5-12/h1-7,10,17H,8-9H2. The highest BCUT2D eigenvalue weighted by molar-refractivity contribution is 9.10. The summed E-state index contributed by atoms with van der Waals surface area (Å²) < 4.78 is 6.52. The number of anilines is 1. The van der Waals surface area contributed by atoms with Gasteiger partial charge in [-0.25, -0.2) is 0 Å². The topological polar surface area (TPSA) is 21.3 Å². The van der Waals surface area contributed by atoms with Gasteiger partial charge in [0.1, 0.15) is 12.4 Å². The molecule has 0 atom stereocenters. The van der Waals surface area contributed by atoms with Crippen molar-refractivity contribution in [1.29, 1.82) is 0 Å². The van der Waals surface area contributed by atoms with Crippen molar-refractivity contribution in [2.75, 3.05) is 18.5 Å². The minimum absolute atomic E-state index is 0.592. The molecule has 0 saturated carbocycles. The molecule has 0 saturated heterocycles. The van der Waals surface area contributed by atoms with E-state index in [2.05, 4.69) is 21.2 Å². The van der Waals surface area contributed by atoms with Crippen LogP contribution in [0, 0.1) is 0 Å². The van der Waals surface area contributed by atoms with Crippen LogP contribution >= 0.6 is 27.5 Å². The lowest BCUT2D eigenvalue weighted by molar-refractivity contribution is 0.331. The Kier molecular flexibility index (Phi) is 4.90. The van der Waals surface area contributed by atoms with Gasteiger partial charge in [-0.2, -0.15) is 0 Å². The van der Waals surface area contributed by atoms with Crippen molar-refractivity contribution in [1.82, 2.24) is 0 Å². The Labute approximate surface area is 120 Å². The molecular formula is C14H13BrClNO. The summed E-state index contributed by atoms with van der Waals surface area (Å²) in [6.45, 7) is 1.34. The second-order valence-corrected chi connectivity index (χ2v) is 5.01. The second kappa shape index (κ2) is 6.66. The van der Waals surface area contributed by atoms with Gasteiger partial charge in [-0.15, -0.1) is 0 Å². The van der Waals surface area contributed by atoms with E-state index >= 15 is 0 Å². The Hall–Kier alpha value is -1.19. The van der Waals surface area contributed by atoms with E-state index in [-0.39, 0.29) is 0 Å². The van der Waals surface area contributed by atoms with E-state index in [0.717, 1.165) is 22.5 Å². The number of hydrogen-bond acceptors (Lipinski definition) is 2. The summed E-state index contributed by atoms with van der Waals surface area (Å²) in [4.78, 5) is 0. The quantitative estimate of drug-likeness (QED) is 0.811. The summed E-state index contributed by atoms with van der Waals surface area (Å²) in [7, 11) is 0. The maximum Gasteiger partial charge on any atom is 0.133 e. The van der Waals surface area contributed by atoms with E-state index < -0.39 is 0 Å². The molecule has 0 bridgehead atoms. The molecule has 2 nitrogen and oxygen atoms in total. The number of para-hydroxylation sites is 1. The highest BCUT2D eigenvalue weighted by Gasteiger charge is 2.01. The Morgan fingerprint density at radius 3 is 2.61 bits per heavy atom. The van der Waals surface area contributed by atoms with Crippen molar-refractivity contribution in [3.05, 3.63) is 58.0 Å². The van der Waals surface area contributed by atoms with Crippen LogP contribution in [0.5, 0.6) is 5.75 Å². The summed E-state index contributed by atoms with van der Waals surface area (Å²) in [6.07, 6.45) is 0. The molecule has 0 unspecified atom stereocenters. The van der Waals surface area contributed by atoms with E-state index in [9.17, 15) is 0 Å². The largest absolute Gasteiger partial charge is 0.491 e. The zero-order chi connectivity index (χ0) is 12.8.